The number of hydrogen-bond acceptors (Lipinski definition) is 6. The van der Waals surface area contributed by atoms with Crippen LogP contribution in [0.5, 0.6) is 0 Å². The summed E-state index contributed by atoms with van der Waals surface area (Å²) in [5, 5.41) is 11.4. The van der Waals surface area contributed by atoms with E-state index >= 15 is 0 Å². The number of carboxylic acid groups (broad SMARTS) is 1. The molecule has 0 atom stereocenters. The molecule has 0 saturated heterocycles. The van der Waals surface area contributed by atoms with Gasteiger partial charge in [0.05, 0.1) is 6.61 Å². The molecule has 106 valence electrons. The number of aliphatic carboxylic acids is 1. The van der Waals surface area contributed by atoms with Gasteiger partial charge < -0.3 is 19.6 Å². The number of unbranched alkanes of at least 4 members (excludes halogenated alkanes) is 2. The molecule has 19 heavy (non-hydrogen) atoms. The van der Waals surface area contributed by atoms with Crippen molar-refractivity contribution in [3.8, 4) is 0 Å². The number of aromatic nitrogens is 1. The fourth-order valence-corrected chi connectivity index (χ4v) is 1.43. The lowest BCUT2D eigenvalue weighted by Crippen LogP contribution is -2.06. The third-order valence-electron chi connectivity index (χ3n) is 2.33. The first kappa shape index (κ1) is 15.0. The Morgan fingerprint density at radius 3 is 2.89 bits per heavy atom. The van der Waals surface area contributed by atoms with Gasteiger partial charge in [-0.3, -0.25) is 4.79 Å². The van der Waals surface area contributed by atoms with Crippen LogP contribution in [0.2, 0.25) is 0 Å². The van der Waals surface area contributed by atoms with Crippen LogP contribution in [0.3, 0.4) is 0 Å². The Labute approximate surface area is 111 Å². The van der Waals surface area contributed by atoms with E-state index in [1.807, 2.05) is 0 Å². The van der Waals surface area contributed by atoms with E-state index in [-0.39, 0.29) is 24.7 Å². The van der Waals surface area contributed by atoms with E-state index in [2.05, 4.69) is 10.3 Å². The molecule has 0 aromatic carbocycles. The fraction of sp³-hybridized carbons (Fsp3) is 0.583. The van der Waals surface area contributed by atoms with Crippen molar-refractivity contribution in [3.63, 3.8) is 0 Å². The quantitative estimate of drug-likeness (QED) is 0.522. The number of esters is 1. The van der Waals surface area contributed by atoms with Crippen LogP contribution in [-0.4, -0.2) is 35.2 Å². The molecule has 0 bridgehead atoms. The molecule has 0 spiro atoms. The molecule has 0 aliphatic carbocycles. The Bertz CT molecular complexity index is 416. The number of carbonyl (C=O) groups excluding carboxylic acids is 1. The number of nitrogens with zero attached hydrogens (tertiary/aromatic N) is 1. The number of carboxylic acids is 1. The predicted molar refractivity (Wildman–Crippen MR) is 67.1 cm³/mol. The Kier molecular flexibility index (Phi) is 6.42. The topological polar surface area (TPSA) is 102 Å². The minimum absolute atomic E-state index is 0.134. The first-order valence-electron chi connectivity index (χ1n) is 6.21. The van der Waals surface area contributed by atoms with Crippen LogP contribution < -0.4 is 5.32 Å². The smallest absolute Gasteiger partial charge is 0.360 e. The van der Waals surface area contributed by atoms with E-state index in [0.717, 1.165) is 12.8 Å². The van der Waals surface area contributed by atoms with E-state index in [1.165, 1.54) is 6.26 Å². The third-order valence-corrected chi connectivity index (χ3v) is 2.33. The minimum atomic E-state index is -0.778. The molecular formula is C12H18N2O5. The van der Waals surface area contributed by atoms with E-state index in [1.54, 1.807) is 6.92 Å². The Hall–Kier alpha value is -2.05. The van der Waals surface area contributed by atoms with Crippen LogP contribution in [0, 0.1) is 0 Å². The van der Waals surface area contributed by atoms with Crippen LogP contribution in [0.4, 0.5) is 6.01 Å². The summed E-state index contributed by atoms with van der Waals surface area (Å²) >= 11 is 0. The lowest BCUT2D eigenvalue weighted by atomic mass is 10.2. The van der Waals surface area contributed by atoms with Gasteiger partial charge in [-0.2, -0.15) is 4.98 Å². The van der Waals surface area contributed by atoms with Crippen LogP contribution in [0.25, 0.3) is 0 Å². The molecule has 2 N–H and O–H groups in total. The van der Waals surface area contributed by atoms with E-state index in [9.17, 15) is 9.59 Å². The van der Waals surface area contributed by atoms with Crippen molar-refractivity contribution in [1.82, 2.24) is 4.98 Å². The van der Waals surface area contributed by atoms with Gasteiger partial charge in [-0.05, 0) is 19.8 Å². The Morgan fingerprint density at radius 1 is 1.42 bits per heavy atom. The summed E-state index contributed by atoms with van der Waals surface area (Å²) in [6.45, 7) is 2.62. The summed E-state index contributed by atoms with van der Waals surface area (Å²) in [6.07, 6.45) is 3.70. The van der Waals surface area contributed by atoms with Crippen LogP contribution in [-0.2, 0) is 9.53 Å². The molecule has 0 aliphatic rings. The maximum Gasteiger partial charge on any atom is 0.360 e. The van der Waals surface area contributed by atoms with Crippen molar-refractivity contribution in [2.24, 2.45) is 0 Å². The summed E-state index contributed by atoms with van der Waals surface area (Å²) in [5.74, 6) is -1.29. The van der Waals surface area contributed by atoms with Gasteiger partial charge >= 0.3 is 11.9 Å². The zero-order chi connectivity index (χ0) is 14.1. The maximum atomic E-state index is 11.3. The molecule has 0 unspecified atom stereocenters. The van der Waals surface area contributed by atoms with Crippen molar-refractivity contribution in [3.05, 3.63) is 12.0 Å². The summed E-state index contributed by atoms with van der Waals surface area (Å²) in [4.78, 5) is 25.5. The molecule has 0 saturated carbocycles. The highest BCUT2D eigenvalue weighted by molar-refractivity contribution is 5.87. The lowest BCUT2D eigenvalue weighted by Gasteiger charge is -2.00. The van der Waals surface area contributed by atoms with Crippen molar-refractivity contribution >= 4 is 18.0 Å². The second kappa shape index (κ2) is 8.12. The predicted octanol–water partition coefficient (Wildman–Crippen LogP) is 1.91. The Morgan fingerprint density at radius 2 is 2.21 bits per heavy atom. The summed E-state index contributed by atoms with van der Waals surface area (Å²) in [5.41, 5.74) is 0.134. The van der Waals surface area contributed by atoms with Crippen LogP contribution >= 0.6 is 0 Å². The third kappa shape index (κ3) is 5.89. The fourth-order valence-electron chi connectivity index (χ4n) is 1.43. The molecule has 7 heteroatoms. The van der Waals surface area contributed by atoms with Crippen LogP contribution in [0.15, 0.2) is 10.7 Å². The molecule has 1 rings (SSSR count). The number of hydrogen-bond donors (Lipinski definition) is 2. The second-order valence-electron chi connectivity index (χ2n) is 3.89. The molecule has 1 aromatic rings. The van der Waals surface area contributed by atoms with Crippen molar-refractivity contribution < 1.29 is 23.8 Å². The van der Waals surface area contributed by atoms with E-state index in [4.69, 9.17) is 14.3 Å². The van der Waals surface area contributed by atoms with Gasteiger partial charge in [-0.1, -0.05) is 6.42 Å². The van der Waals surface area contributed by atoms with Crippen molar-refractivity contribution in [2.75, 3.05) is 18.5 Å². The van der Waals surface area contributed by atoms with Gasteiger partial charge in [-0.25, -0.2) is 4.79 Å². The van der Waals surface area contributed by atoms with Gasteiger partial charge in [0, 0.05) is 13.0 Å². The number of nitrogens with one attached hydrogen (secondary N) is 1. The van der Waals surface area contributed by atoms with Crippen LogP contribution in [0.1, 0.15) is 43.1 Å². The van der Waals surface area contributed by atoms with Crippen molar-refractivity contribution in [2.45, 2.75) is 32.6 Å². The Balaban J connectivity index is 2.19. The van der Waals surface area contributed by atoms with Gasteiger partial charge in [-0.15, -0.1) is 0 Å². The van der Waals surface area contributed by atoms with Gasteiger partial charge in [0.2, 0.25) is 0 Å². The average molecular weight is 270 g/mol. The number of ether oxygens (including phenoxy) is 1. The molecule has 0 fully saturated rings. The molecule has 7 nitrogen and oxygen atoms in total. The van der Waals surface area contributed by atoms with Crippen molar-refractivity contribution in [1.29, 1.82) is 0 Å². The monoisotopic (exact) mass is 270 g/mol. The maximum absolute atomic E-state index is 11.3. The number of rotatable bonds is 9. The zero-order valence-electron chi connectivity index (χ0n) is 10.8. The van der Waals surface area contributed by atoms with E-state index < -0.39 is 11.9 Å². The SMILES string of the molecule is CCOC(=O)c1coc(NCCCCCC(=O)O)n1. The highest BCUT2D eigenvalue weighted by Gasteiger charge is 2.12. The number of anilines is 1. The molecular weight excluding hydrogens is 252 g/mol. The molecule has 0 aliphatic heterocycles. The van der Waals surface area contributed by atoms with Gasteiger partial charge in [0.15, 0.2) is 5.69 Å². The lowest BCUT2D eigenvalue weighted by molar-refractivity contribution is -0.137. The number of oxazole rings is 1. The molecule has 0 amide bonds. The normalized spacial score (nSPS) is 10.2. The molecule has 0 radical (unpaired) electrons. The molecule has 1 heterocycles. The minimum Gasteiger partial charge on any atom is -0.481 e. The molecule has 1 aromatic heterocycles. The highest BCUT2D eigenvalue weighted by Crippen LogP contribution is 2.09. The summed E-state index contributed by atoms with van der Waals surface area (Å²) in [7, 11) is 0. The largest absolute Gasteiger partial charge is 0.481 e. The first-order chi connectivity index (χ1) is 9.13. The van der Waals surface area contributed by atoms with E-state index in [0.29, 0.717) is 13.0 Å². The van der Waals surface area contributed by atoms with Gasteiger partial charge in [0.1, 0.15) is 6.26 Å². The summed E-state index contributed by atoms with van der Waals surface area (Å²) < 4.78 is 9.84. The second-order valence-corrected chi connectivity index (χ2v) is 3.89. The number of carbonyl (C=O) groups is 2. The highest BCUT2D eigenvalue weighted by atomic mass is 16.5. The summed E-state index contributed by atoms with van der Waals surface area (Å²) in [6, 6.07) is 0.265. The average Bonchev–Trinajstić information content (AvgIpc) is 2.82. The standard InChI is InChI=1S/C12H18N2O5/c1-2-18-11(17)9-8-19-12(14-9)13-7-5-3-4-6-10(15)16/h8H,2-7H2,1H3,(H,13,14)(H,15,16). The zero-order valence-corrected chi connectivity index (χ0v) is 10.8. The first-order valence-corrected chi connectivity index (χ1v) is 6.21. The van der Waals surface area contributed by atoms with Gasteiger partial charge in [0.25, 0.3) is 6.01 Å².